The zero-order valence-electron chi connectivity index (χ0n) is 23.5. The van der Waals surface area contributed by atoms with E-state index in [1.807, 2.05) is 61.5 Å². The number of hydrogen-bond donors (Lipinski definition) is 0. The van der Waals surface area contributed by atoms with E-state index in [-0.39, 0.29) is 12.2 Å². The summed E-state index contributed by atoms with van der Waals surface area (Å²) in [6.07, 6.45) is 1.92. The molecule has 10 heteroatoms. The average molecular weight is 651 g/mol. The minimum Gasteiger partial charge on any atom is -0.463 e. The van der Waals surface area contributed by atoms with Crippen molar-refractivity contribution >= 4 is 69.1 Å². The van der Waals surface area contributed by atoms with Gasteiger partial charge in [-0.15, -0.1) is 0 Å². The molecule has 0 radical (unpaired) electrons. The highest BCUT2D eigenvalue weighted by Crippen LogP contribution is 2.35. The molecule has 218 valence electrons. The van der Waals surface area contributed by atoms with E-state index in [1.165, 1.54) is 11.3 Å². The van der Waals surface area contributed by atoms with Gasteiger partial charge in [0.25, 0.3) is 5.56 Å². The number of esters is 1. The Balaban J connectivity index is 1.55. The number of rotatable bonds is 6. The van der Waals surface area contributed by atoms with E-state index in [1.54, 1.807) is 30.5 Å². The summed E-state index contributed by atoms with van der Waals surface area (Å²) in [5.74, 6) is -0.524. The predicted octanol–water partition coefficient (Wildman–Crippen LogP) is 7.07. The second-order valence-corrected chi connectivity index (χ2v) is 12.4. The molecule has 2 aromatic heterocycles. The van der Waals surface area contributed by atoms with Crippen molar-refractivity contribution in [1.82, 2.24) is 9.13 Å². The lowest BCUT2D eigenvalue weighted by molar-refractivity contribution is -0.139. The molecule has 0 saturated carbocycles. The Bertz CT molecular complexity index is 2140. The number of benzene rings is 3. The standard InChI is InChI=1S/C33H26Cl3N3O3S/c1-4-42-32(41)29-18(2)37-33-39(30(29)22-10-5-7-11-24(22)34)31(40)28(43-33)16-23-19(3)38(27-12-8-6-9-21(23)27)17-20-13-14-25(35)26(36)15-20/h5-16,30H,4,17H2,1-3H3/b28-16-/t30-/m1/s1. The molecule has 6 rings (SSSR count). The third-order valence-electron chi connectivity index (χ3n) is 7.60. The van der Waals surface area contributed by atoms with Crippen LogP contribution in [0.5, 0.6) is 0 Å². The third kappa shape index (κ3) is 5.25. The Morgan fingerprint density at radius 1 is 1.00 bits per heavy atom. The van der Waals surface area contributed by atoms with Gasteiger partial charge in [-0.1, -0.05) is 88.6 Å². The minimum atomic E-state index is -0.775. The summed E-state index contributed by atoms with van der Waals surface area (Å²) in [5.41, 5.74) is 5.10. The van der Waals surface area contributed by atoms with Gasteiger partial charge >= 0.3 is 5.97 Å². The summed E-state index contributed by atoms with van der Waals surface area (Å²) in [4.78, 5) is 32.6. The van der Waals surface area contributed by atoms with Gasteiger partial charge < -0.3 is 9.30 Å². The fraction of sp³-hybridized carbons (Fsp3) is 0.182. The van der Waals surface area contributed by atoms with Gasteiger partial charge in [0.05, 0.1) is 32.5 Å². The van der Waals surface area contributed by atoms with Crippen LogP contribution in [-0.4, -0.2) is 21.7 Å². The molecule has 0 N–H and O–H groups in total. The van der Waals surface area contributed by atoms with E-state index in [9.17, 15) is 9.59 Å². The second-order valence-electron chi connectivity index (χ2n) is 10.2. The smallest absolute Gasteiger partial charge is 0.338 e. The number of allylic oxidation sites excluding steroid dienone is 1. The van der Waals surface area contributed by atoms with Crippen molar-refractivity contribution in [1.29, 1.82) is 0 Å². The third-order valence-corrected chi connectivity index (χ3v) is 9.66. The lowest BCUT2D eigenvalue weighted by Crippen LogP contribution is -2.40. The molecule has 0 spiro atoms. The van der Waals surface area contributed by atoms with E-state index in [2.05, 4.69) is 15.6 Å². The van der Waals surface area contributed by atoms with Crippen LogP contribution >= 0.6 is 46.1 Å². The van der Waals surface area contributed by atoms with Crippen LogP contribution in [0.1, 0.15) is 42.3 Å². The second kappa shape index (κ2) is 11.8. The van der Waals surface area contributed by atoms with Crippen LogP contribution < -0.4 is 14.9 Å². The first-order valence-corrected chi connectivity index (χ1v) is 15.6. The summed E-state index contributed by atoms with van der Waals surface area (Å²) >= 11 is 20.4. The summed E-state index contributed by atoms with van der Waals surface area (Å²) in [6.45, 7) is 6.31. The first-order valence-electron chi connectivity index (χ1n) is 13.7. The molecule has 3 heterocycles. The van der Waals surface area contributed by atoms with Crippen LogP contribution in [0.2, 0.25) is 15.1 Å². The molecule has 3 aromatic carbocycles. The highest BCUT2D eigenvalue weighted by atomic mass is 35.5. The number of halogens is 3. The van der Waals surface area contributed by atoms with Gasteiger partial charge in [0.1, 0.15) is 6.04 Å². The topological polar surface area (TPSA) is 65.6 Å². The minimum absolute atomic E-state index is 0.195. The van der Waals surface area contributed by atoms with Crippen molar-refractivity contribution in [3.63, 3.8) is 0 Å². The number of hydrogen-bond acceptors (Lipinski definition) is 5. The van der Waals surface area contributed by atoms with E-state index in [4.69, 9.17) is 39.5 Å². The number of ether oxygens (including phenoxy) is 1. The number of aromatic nitrogens is 2. The fourth-order valence-electron chi connectivity index (χ4n) is 5.58. The summed E-state index contributed by atoms with van der Waals surface area (Å²) in [6, 6.07) is 20.1. The number of carbonyl (C=O) groups excluding carboxylic acids is 1. The monoisotopic (exact) mass is 649 g/mol. The van der Waals surface area contributed by atoms with Gasteiger partial charge in [-0.3, -0.25) is 9.36 Å². The van der Waals surface area contributed by atoms with Crippen molar-refractivity contribution in [3.8, 4) is 0 Å². The Hall–Kier alpha value is -3.62. The number of fused-ring (bicyclic) bond motifs is 2. The molecule has 0 bridgehead atoms. The van der Waals surface area contributed by atoms with E-state index >= 15 is 0 Å². The molecular formula is C33H26Cl3N3O3S. The maximum Gasteiger partial charge on any atom is 0.338 e. The van der Waals surface area contributed by atoms with Crippen molar-refractivity contribution in [2.45, 2.75) is 33.4 Å². The van der Waals surface area contributed by atoms with Crippen LogP contribution in [0.25, 0.3) is 17.0 Å². The first-order chi connectivity index (χ1) is 20.7. The quantitative estimate of drug-likeness (QED) is 0.185. The molecule has 0 aliphatic carbocycles. The molecule has 0 fully saturated rings. The average Bonchev–Trinajstić information content (AvgIpc) is 3.43. The van der Waals surface area contributed by atoms with Crippen LogP contribution in [0.3, 0.4) is 0 Å². The summed E-state index contributed by atoms with van der Waals surface area (Å²) < 4.78 is 9.65. The molecule has 6 nitrogen and oxygen atoms in total. The number of nitrogens with zero attached hydrogens (tertiary/aromatic N) is 3. The Morgan fingerprint density at radius 2 is 1.74 bits per heavy atom. The Morgan fingerprint density at radius 3 is 2.49 bits per heavy atom. The normalized spacial score (nSPS) is 15.1. The Kier molecular flexibility index (Phi) is 8.09. The SMILES string of the molecule is CCOC(=O)C1=C(C)N=c2s/c(=C\c3c(C)n(Cc4ccc(Cl)c(Cl)c4)c4ccccc34)c(=O)n2[C@@H]1c1ccccc1Cl. The lowest BCUT2D eigenvalue weighted by Gasteiger charge is -2.25. The molecule has 1 atom stereocenters. The zero-order valence-corrected chi connectivity index (χ0v) is 26.6. The van der Waals surface area contributed by atoms with E-state index in [0.29, 0.717) is 47.8 Å². The first kappa shape index (κ1) is 29.5. The van der Waals surface area contributed by atoms with E-state index < -0.39 is 12.0 Å². The number of thiazole rings is 1. The fourth-order valence-corrected chi connectivity index (χ4v) is 7.17. The van der Waals surface area contributed by atoms with E-state index in [0.717, 1.165) is 27.7 Å². The van der Waals surface area contributed by atoms with Crippen molar-refractivity contribution in [2.75, 3.05) is 6.61 Å². The highest BCUT2D eigenvalue weighted by Gasteiger charge is 2.34. The molecule has 0 amide bonds. The van der Waals surface area contributed by atoms with Gasteiger partial charge in [0.2, 0.25) is 0 Å². The molecule has 0 unspecified atom stereocenters. The van der Waals surface area contributed by atoms with Crippen LogP contribution in [-0.2, 0) is 16.1 Å². The van der Waals surface area contributed by atoms with Gasteiger partial charge in [-0.2, -0.15) is 0 Å². The van der Waals surface area contributed by atoms with Gasteiger partial charge in [0, 0.05) is 33.7 Å². The molecular weight excluding hydrogens is 625 g/mol. The number of carbonyl (C=O) groups is 1. The molecule has 43 heavy (non-hydrogen) atoms. The van der Waals surface area contributed by atoms with Gasteiger partial charge in [0.15, 0.2) is 4.80 Å². The number of para-hydroxylation sites is 1. The predicted molar refractivity (Wildman–Crippen MR) is 174 cm³/mol. The van der Waals surface area contributed by atoms with Gasteiger partial charge in [-0.25, -0.2) is 9.79 Å². The summed E-state index contributed by atoms with van der Waals surface area (Å²) in [5, 5.41) is 2.46. The van der Waals surface area contributed by atoms with Crippen molar-refractivity contribution in [3.05, 3.63) is 135 Å². The van der Waals surface area contributed by atoms with Crippen LogP contribution in [0.15, 0.2) is 87.8 Å². The molecule has 1 aliphatic heterocycles. The summed E-state index contributed by atoms with van der Waals surface area (Å²) in [7, 11) is 0. The Labute approximate surface area is 266 Å². The maximum atomic E-state index is 14.2. The lowest BCUT2D eigenvalue weighted by atomic mass is 9.96. The highest BCUT2D eigenvalue weighted by molar-refractivity contribution is 7.07. The molecule has 1 aliphatic rings. The van der Waals surface area contributed by atoms with Crippen LogP contribution in [0.4, 0.5) is 0 Å². The van der Waals surface area contributed by atoms with Crippen molar-refractivity contribution < 1.29 is 9.53 Å². The maximum absolute atomic E-state index is 14.2. The van der Waals surface area contributed by atoms with Crippen molar-refractivity contribution in [2.24, 2.45) is 4.99 Å². The molecule has 5 aromatic rings. The largest absolute Gasteiger partial charge is 0.463 e. The van der Waals surface area contributed by atoms with Crippen LogP contribution in [0, 0.1) is 6.92 Å². The van der Waals surface area contributed by atoms with Gasteiger partial charge in [-0.05, 0) is 62.2 Å². The molecule has 0 saturated heterocycles. The zero-order chi connectivity index (χ0) is 30.4.